The lowest BCUT2D eigenvalue weighted by Crippen LogP contribution is -2.34. The molecule has 1 aromatic rings. The van der Waals surface area contributed by atoms with E-state index in [0.717, 1.165) is 0 Å². The van der Waals surface area contributed by atoms with Crippen molar-refractivity contribution in [3.8, 4) is 0 Å². The highest BCUT2D eigenvalue weighted by Crippen LogP contribution is 1.93. The van der Waals surface area contributed by atoms with Gasteiger partial charge in [-0.05, 0) is 38.4 Å². The van der Waals surface area contributed by atoms with E-state index in [4.69, 9.17) is 0 Å². The molecule has 0 aliphatic heterocycles. The quantitative estimate of drug-likeness (QED) is 0.696. The van der Waals surface area contributed by atoms with Gasteiger partial charge in [-0.3, -0.25) is 0 Å². The Morgan fingerprint density at radius 2 is 2.13 bits per heavy atom. The first-order valence-corrected chi connectivity index (χ1v) is 4.87. The molecule has 0 aliphatic rings. The van der Waals surface area contributed by atoms with Crippen molar-refractivity contribution in [2.45, 2.75) is 26.4 Å². The third-order valence-corrected chi connectivity index (χ3v) is 2.27. The third-order valence-electron chi connectivity index (χ3n) is 2.27. The summed E-state index contributed by atoms with van der Waals surface area (Å²) in [7, 11) is 3.93. The lowest BCUT2D eigenvalue weighted by atomic mass is 10.3. The summed E-state index contributed by atoms with van der Waals surface area (Å²) in [6.45, 7) is 4.40. The Hall–Kier alpha value is -1.43. The molecule has 1 aromatic heterocycles. The van der Waals surface area contributed by atoms with Gasteiger partial charge in [0.05, 0.1) is 6.54 Å². The molecule has 0 N–H and O–H groups in total. The van der Waals surface area contributed by atoms with Gasteiger partial charge in [-0.2, -0.15) is 9.36 Å². The summed E-state index contributed by atoms with van der Waals surface area (Å²) in [6.07, 6.45) is 3.34. The molecular weight excluding hydrogens is 194 g/mol. The Morgan fingerprint density at radius 1 is 1.47 bits per heavy atom. The maximum atomic E-state index is 11.6. The molecule has 0 radical (unpaired) electrons. The van der Waals surface area contributed by atoms with Gasteiger partial charge in [0, 0.05) is 12.2 Å². The summed E-state index contributed by atoms with van der Waals surface area (Å²) in [5, 5.41) is 7.53. The second kappa shape index (κ2) is 4.88. The second-order valence-corrected chi connectivity index (χ2v) is 3.68. The van der Waals surface area contributed by atoms with Crippen molar-refractivity contribution < 1.29 is 0 Å². The van der Waals surface area contributed by atoms with Gasteiger partial charge in [-0.25, -0.2) is 4.79 Å². The number of tetrazole rings is 1. The van der Waals surface area contributed by atoms with Crippen LogP contribution in [0.3, 0.4) is 0 Å². The number of likely N-dealkylation sites (N-methyl/N-ethyl adjacent to an activating group) is 1. The van der Waals surface area contributed by atoms with Crippen LogP contribution in [-0.2, 0) is 6.54 Å². The number of rotatable bonds is 4. The molecule has 0 aromatic carbocycles. The topological polar surface area (TPSA) is 56.0 Å². The molecule has 6 heteroatoms. The van der Waals surface area contributed by atoms with E-state index in [1.165, 1.54) is 9.36 Å². The molecule has 84 valence electrons. The molecule has 6 nitrogen and oxygen atoms in total. The average molecular weight is 211 g/mol. The van der Waals surface area contributed by atoms with E-state index in [9.17, 15) is 4.79 Å². The predicted molar refractivity (Wildman–Crippen MR) is 58.4 cm³/mol. The summed E-state index contributed by atoms with van der Waals surface area (Å²) in [6, 6.07) is 0.249. The molecule has 0 saturated carbocycles. The molecule has 0 spiro atoms. The van der Waals surface area contributed by atoms with Crippen LogP contribution in [-0.4, -0.2) is 44.8 Å². The molecular formula is C9H17N5O. The van der Waals surface area contributed by atoms with Gasteiger partial charge < -0.3 is 4.90 Å². The van der Waals surface area contributed by atoms with Crippen LogP contribution in [0, 0.1) is 0 Å². The van der Waals surface area contributed by atoms with Crippen LogP contribution in [0.4, 0.5) is 0 Å². The van der Waals surface area contributed by atoms with Gasteiger partial charge in [-0.15, -0.1) is 0 Å². The summed E-state index contributed by atoms with van der Waals surface area (Å²) in [5.74, 6) is 0. The number of allylic oxidation sites excluding steroid dienone is 1. The van der Waals surface area contributed by atoms with Crippen LogP contribution in [0.25, 0.3) is 6.20 Å². The molecule has 0 saturated heterocycles. The predicted octanol–water partition coefficient (Wildman–Crippen LogP) is -0.120. The van der Waals surface area contributed by atoms with Gasteiger partial charge in [0.25, 0.3) is 0 Å². The number of aromatic nitrogens is 4. The van der Waals surface area contributed by atoms with E-state index >= 15 is 0 Å². The Balaban J connectivity index is 2.84. The third kappa shape index (κ3) is 2.76. The first-order chi connectivity index (χ1) is 7.06. The van der Waals surface area contributed by atoms with E-state index < -0.39 is 0 Å². The number of nitrogens with zero attached hydrogens (tertiary/aromatic N) is 5. The van der Waals surface area contributed by atoms with Crippen molar-refractivity contribution in [2.75, 3.05) is 14.1 Å². The van der Waals surface area contributed by atoms with Gasteiger partial charge in [0.1, 0.15) is 0 Å². The fraction of sp³-hybridized carbons (Fsp3) is 0.667. The highest BCUT2D eigenvalue weighted by Gasteiger charge is 2.10. The first-order valence-electron chi connectivity index (χ1n) is 4.87. The molecule has 0 fully saturated rings. The first kappa shape index (κ1) is 11.6. The smallest absolute Gasteiger partial charge is 0.305 e. The SMILES string of the molecule is C/C=C\n1nnn(CC(C)N(C)C)c1=O. The van der Waals surface area contributed by atoms with Crippen LogP contribution in [0.1, 0.15) is 13.8 Å². The fourth-order valence-corrected chi connectivity index (χ4v) is 1.05. The molecule has 15 heavy (non-hydrogen) atoms. The van der Waals surface area contributed by atoms with Gasteiger partial charge in [0.2, 0.25) is 0 Å². The molecule has 0 bridgehead atoms. The number of hydrogen-bond donors (Lipinski definition) is 0. The Labute approximate surface area is 88.8 Å². The van der Waals surface area contributed by atoms with Crippen LogP contribution >= 0.6 is 0 Å². The van der Waals surface area contributed by atoms with Crippen molar-refractivity contribution >= 4 is 6.20 Å². The van der Waals surface area contributed by atoms with Gasteiger partial charge in [-0.1, -0.05) is 6.08 Å². The highest BCUT2D eigenvalue weighted by molar-refractivity contribution is 5.15. The van der Waals surface area contributed by atoms with Crippen LogP contribution in [0.2, 0.25) is 0 Å². The minimum absolute atomic E-state index is 0.207. The summed E-state index contributed by atoms with van der Waals surface area (Å²) >= 11 is 0. The molecule has 0 amide bonds. The zero-order chi connectivity index (χ0) is 11.4. The Bertz CT molecular complexity index is 389. The van der Waals surface area contributed by atoms with Crippen molar-refractivity contribution in [1.29, 1.82) is 0 Å². The van der Waals surface area contributed by atoms with E-state index in [1.54, 1.807) is 12.3 Å². The maximum absolute atomic E-state index is 11.6. The lowest BCUT2D eigenvalue weighted by Gasteiger charge is -2.18. The minimum Gasteiger partial charge on any atom is -0.305 e. The van der Waals surface area contributed by atoms with E-state index in [2.05, 4.69) is 10.4 Å². The Morgan fingerprint density at radius 3 is 2.67 bits per heavy atom. The molecule has 1 unspecified atom stereocenters. The maximum Gasteiger partial charge on any atom is 0.367 e. The second-order valence-electron chi connectivity index (χ2n) is 3.68. The largest absolute Gasteiger partial charge is 0.367 e. The van der Waals surface area contributed by atoms with Gasteiger partial charge in [0.15, 0.2) is 0 Å². The van der Waals surface area contributed by atoms with Crippen molar-refractivity contribution in [3.63, 3.8) is 0 Å². The standard InChI is InChI=1S/C9H17N5O/c1-5-6-13-9(15)14(11-10-13)7-8(2)12(3)4/h5-6,8H,7H2,1-4H3/b6-5-. The summed E-state index contributed by atoms with van der Waals surface area (Å²) < 4.78 is 2.59. The monoisotopic (exact) mass is 211 g/mol. The minimum atomic E-state index is -0.207. The normalized spacial score (nSPS) is 13.9. The molecule has 1 atom stereocenters. The van der Waals surface area contributed by atoms with Crippen LogP contribution in [0.15, 0.2) is 10.9 Å². The van der Waals surface area contributed by atoms with E-state index in [1.807, 2.05) is 32.8 Å². The van der Waals surface area contributed by atoms with Crippen LogP contribution < -0.4 is 5.69 Å². The zero-order valence-electron chi connectivity index (χ0n) is 9.58. The van der Waals surface area contributed by atoms with Crippen molar-refractivity contribution in [2.24, 2.45) is 0 Å². The Kier molecular flexibility index (Phi) is 3.79. The molecule has 0 aliphatic carbocycles. The fourth-order valence-electron chi connectivity index (χ4n) is 1.05. The van der Waals surface area contributed by atoms with E-state index in [-0.39, 0.29) is 11.7 Å². The lowest BCUT2D eigenvalue weighted by molar-refractivity contribution is 0.271. The van der Waals surface area contributed by atoms with Crippen LogP contribution in [0.5, 0.6) is 0 Å². The zero-order valence-corrected chi connectivity index (χ0v) is 9.58. The molecule has 1 rings (SSSR count). The highest BCUT2D eigenvalue weighted by atomic mass is 16.2. The summed E-state index contributed by atoms with van der Waals surface area (Å²) in [5.41, 5.74) is -0.207. The van der Waals surface area contributed by atoms with E-state index in [0.29, 0.717) is 6.54 Å². The molecule has 1 heterocycles. The van der Waals surface area contributed by atoms with Gasteiger partial charge >= 0.3 is 5.69 Å². The van der Waals surface area contributed by atoms with Crippen molar-refractivity contribution in [1.82, 2.24) is 24.7 Å². The summed E-state index contributed by atoms with van der Waals surface area (Å²) in [4.78, 5) is 13.7. The average Bonchev–Trinajstić information content (AvgIpc) is 2.50. The van der Waals surface area contributed by atoms with Crippen molar-refractivity contribution in [3.05, 3.63) is 16.6 Å². The number of hydrogen-bond acceptors (Lipinski definition) is 4.